The first-order chi connectivity index (χ1) is 9.67. The minimum absolute atomic E-state index is 0.0238. The van der Waals surface area contributed by atoms with E-state index < -0.39 is 0 Å². The molecule has 0 radical (unpaired) electrons. The zero-order chi connectivity index (χ0) is 14.4. The number of carbonyl (C=O) groups is 1. The fourth-order valence-electron chi connectivity index (χ4n) is 1.61. The third-order valence-electron chi connectivity index (χ3n) is 2.47. The monoisotopic (exact) mass is 292 g/mol. The standard InChI is InChI=1S/C14H16N2O3S/c1-3-18-14(17)8-13-15-12(16-19-13)9-20-11-6-4-5-10(2)7-11/h4-7H,3,8-9H2,1-2H3. The van der Waals surface area contributed by atoms with Gasteiger partial charge in [-0.25, -0.2) is 0 Å². The molecule has 6 heteroatoms. The second-order valence-electron chi connectivity index (χ2n) is 4.19. The third kappa shape index (κ3) is 4.38. The van der Waals surface area contributed by atoms with Crippen molar-refractivity contribution in [1.29, 1.82) is 0 Å². The van der Waals surface area contributed by atoms with Crippen LogP contribution >= 0.6 is 11.8 Å². The minimum Gasteiger partial charge on any atom is -0.466 e. The predicted octanol–water partition coefficient (Wildman–Crippen LogP) is 2.78. The molecule has 2 rings (SSSR count). The van der Waals surface area contributed by atoms with Gasteiger partial charge in [0, 0.05) is 4.90 Å². The summed E-state index contributed by atoms with van der Waals surface area (Å²) in [6.45, 7) is 4.16. The molecule has 0 unspecified atom stereocenters. The fourth-order valence-corrected chi connectivity index (χ4v) is 2.47. The Morgan fingerprint density at radius 2 is 2.30 bits per heavy atom. The van der Waals surface area contributed by atoms with Crippen molar-refractivity contribution in [3.05, 3.63) is 41.5 Å². The SMILES string of the molecule is CCOC(=O)Cc1nc(CSc2cccc(C)c2)no1. The first kappa shape index (κ1) is 14.6. The molecule has 1 heterocycles. The maximum absolute atomic E-state index is 11.3. The number of carbonyl (C=O) groups excluding carboxylic acids is 1. The molecule has 0 aliphatic heterocycles. The van der Waals surface area contributed by atoms with Crippen molar-refractivity contribution < 1.29 is 14.1 Å². The molecule has 0 amide bonds. The van der Waals surface area contributed by atoms with E-state index in [0.717, 1.165) is 4.90 Å². The molecular weight excluding hydrogens is 276 g/mol. The first-order valence-electron chi connectivity index (χ1n) is 6.34. The summed E-state index contributed by atoms with van der Waals surface area (Å²) in [6.07, 6.45) is 0.0238. The summed E-state index contributed by atoms with van der Waals surface area (Å²) in [5.41, 5.74) is 1.21. The highest BCUT2D eigenvalue weighted by molar-refractivity contribution is 7.98. The largest absolute Gasteiger partial charge is 0.466 e. The second kappa shape index (κ2) is 7.09. The summed E-state index contributed by atoms with van der Waals surface area (Å²) < 4.78 is 9.84. The molecule has 5 nitrogen and oxygen atoms in total. The van der Waals surface area contributed by atoms with Crippen molar-refractivity contribution in [1.82, 2.24) is 10.1 Å². The molecule has 0 N–H and O–H groups in total. The van der Waals surface area contributed by atoms with Crippen molar-refractivity contribution >= 4 is 17.7 Å². The molecule has 2 aromatic rings. The summed E-state index contributed by atoms with van der Waals surface area (Å²) in [6, 6.07) is 8.21. The Balaban J connectivity index is 1.88. The fraction of sp³-hybridized carbons (Fsp3) is 0.357. The first-order valence-corrected chi connectivity index (χ1v) is 7.32. The van der Waals surface area contributed by atoms with Gasteiger partial charge in [0.05, 0.1) is 12.4 Å². The van der Waals surface area contributed by atoms with E-state index in [9.17, 15) is 4.79 Å². The molecule has 0 fully saturated rings. The van der Waals surface area contributed by atoms with E-state index >= 15 is 0 Å². The van der Waals surface area contributed by atoms with E-state index in [0.29, 0.717) is 24.1 Å². The molecule has 0 aliphatic rings. The van der Waals surface area contributed by atoms with Gasteiger partial charge in [0.2, 0.25) is 5.89 Å². The molecular formula is C14H16N2O3S. The van der Waals surface area contributed by atoms with Crippen LogP contribution in [0, 0.1) is 6.92 Å². The maximum Gasteiger partial charge on any atom is 0.315 e. The zero-order valence-corrected chi connectivity index (χ0v) is 12.3. The summed E-state index contributed by atoms with van der Waals surface area (Å²) in [5.74, 6) is 1.13. The van der Waals surface area contributed by atoms with Crippen LogP contribution in [0.3, 0.4) is 0 Å². The van der Waals surface area contributed by atoms with Gasteiger partial charge in [0.15, 0.2) is 5.82 Å². The van der Waals surface area contributed by atoms with Crippen LogP contribution in [0.2, 0.25) is 0 Å². The predicted molar refractivity (Wildman–Crippen MR) is 75.4 cm³/mol. The van der Waals surface area contributed by atoms with Crippen LogP contribution in [0.15, 0.2) is 33.7 Å². The average molecular weight is 292 g/mol. The van der Waals surface area contributed by atoms with E-state index in [-0.39, 0.29) is 12.4 Å². The van der Waals surface area contributed by atoms with Crippen LogP contribution in [-0.4, -0.2) is 22.7 Å². The number of nitrogens with zero attached hydrogens (tertiary/aromatic N) is 2. The number of thioether (sulfide) groups is 1. The van der Waals surface area contributed by atoms with Gasteiger partial charge in [-0.15, -0.1) is 11.8 Å². The summed E-state index contributed by atoms with van der Waals surface area (Å²) >= 11 is 1.63. The molecule has 0 saturated heterocycles. The van der Waals surface area contributed by atoms with Crippen molar-refractivity contribution in [3.8, 4) is 0 Å². The Morgan fingerprint density at radius 3 is 3.05 bits per heavy atom. The van der Waals surface area contributed by atoms with Gasteiger partial charge in [-0.3, -0.25) is 4.79 Å². The number of hydrogen-bond donors (Lipinski definition) is 0. The van der Waals surface area contributed by atoms with Crippen molar-refractivity contribution in [2.75, 3.05) is 6.61 Å². The van der Waals surface area contributed by atoms with E-state index in [1.165, 1.54) is 5.56 Å². The highest BCUT2D eigenvalue weighted by Gasteiger charge is 2.12. The van der Waals surface area contributed by atoms with Crippen LogP contribution in [0.5, 0.6) is 0 Å². The van der Waals surface area contributed by atoms with Gasteiger partial charge in [-0.05, 0) is 26.0 Å². The Morgan fingerprint density at radius 1 is 1.45 bits per heavy atom. The molecule has 0 aliphatic carbocycles. The lowest BCUT2D eigenvalue weighted by molar-refractivity contribution is -0.142. The maximum atomic E-state index is 11.3. The Hall–Kier alpha value is -1.82. The van der Waals surface area contributed by atoms with Crippen LogP contribution in [0.25, 0.3) is 0 Å². The van der Waals surface area contributed by atoms with Crippen LogP contribution in [0.1, 0.15) is 24.2 Å². The van der Waals surface area contributed by atoms with Gasteiger partial charge in [0.25, 0.3) is 0 Å². The molecule has 1 aromatic carbocycles. The zero-order valence-electron chi connectivity index (χ0n) is 11.5. The molecule has 0 bridgehead atoms. The van der Waals surface area contributed by atoms with E-state index in [1.54, 1.807) is 18.7 Å². The van der Waals surface area contributed by atoms with Crippen LogP contribution in [0.4, 0.5) is 0 Å². The van der Waals surface area contributed by atoms with Gasteiger partial charge in [-0.2, -0.15) is 4.98 Å². The number of ether oxygens (including phenoxy) is 1. The topological polar surface area (TPSA) is 65.2 Å². The highest BCUT2D eigenvalue weighted by Crippen LogP contribution is 2.22. The van der Waals surface area contributed by atoms with Gasteiger partial charge in [0.1, 0.15) is 6.42 Å². The number of rotatable bonds is 6. The van der Waals surface area contributed by atoms with Crippen molar-refractivity contribution in [2.24, 2.45) is 0 Å². The minimum atomic E-state index is -0.353. The lowest BCUT2D eigenvalue weighted by Crippen LogP contribution is -2.07. The molecule has 1 aromatic heterocycles. The second-order valence-corrected chi connectivity index (χ2v) is 5.24. The summed E-state index contributed by atoms with van der Waals surface area (Å²) in [5, 5.41) is 3.85. The summed E-state index contributed by atoms with van der Waals surface area (Å²) in [4.78, 5) is 16.6. The number of benzene rings is 1. The highest BCUT2D eigenvalue weighted by atomic mass is 32.2. The van der Waals surface area contributed by atoms with Gasteiger partial charge >= 0.3 is 5.97 Å². The van der Waals surface area contributed by atoms with Gasteiger partial charge < -0.3 is 9.26 Å². The van der Waals surface area contributed by atoms with E-state index in [4.69, 9.17) is 9.26 Å². The lowest BCUT2D eigenvalue weighted by Gasteiger charge is -1.99. The number of hydrogen-bond acceptors (Lipinski definition) is 6. The molecule has 0 atom stereocenters. The smallest absolute Gasteiger partial charge is 0.315 e. The molecule has 20 heavy (non-hydrogen) atoms. The average Bonchev–Trinajstić information content (AvgIpc) is 2.84. The summed E-state index contributed by atoms with van der Waals surface area (Å²) in [7, 11) is 0. The third-order valence-corrected chi connectivity index (χ3v) is 3.46. The van der Waals surface area contributed by atoms with Crippen molar-refractivity contribution in [2.45, 2.75) is 30.9 Å². The molecule has 106 valence electrons. The number of aryl methyl sites for hydroxylation is 1. The Labute approximate surface area is 121 Å². The lowest BCUT2D eigenvalue weighted by atomic mass is 10.2. The van der Waals surface area contributed by atoms with E-state index in [2.05, 4.69) is 29.2 Å². The Kier molecular flexibility index (Phi) is 5.17. The Bertz CT molecular complexity index is 583. The van der Waals surface area contributed by atoms with Gasteiger partial charge in [-0.1, -0.05) is 22.9 Å². The quantitative estimate of drug-likeness (QED) is 0.602. The van der Waals surface area contributed by atoms with Crippen LogP contribution < -0.4 is 0 Å². The molecule has 0 spiro atoms. The number of aromatic nitrogens is 2. The van der Waals surface area contributed by atoms with E-state index in [1.807, 2.05) is 12.1 Å². The molecule has 0 saturated carbocycles. The van der Waals surface area contributed by atoms with Crippen molar-refractivity contribution in [3.63, 3.8) is 0 Å². The van der Waals surface area contributed by atoms with Crippen LogP contribution in [-0.2, 0) is 21.7 Å². The normalized spacial score (nSPS) is 10.5. The number of esters is 1.